The van der Waals surface area contributed by atoms with Gasteiger partial charge in [0.15, 0.2) is 0 Å². The van der Waals surface area contributed by atoms with E-state index in [-0.39, 0.29) is 0 Å². The molecule has 0 amide bonds. The van der Waals surface area contributed by atoms with Crippen molar-refractivity contribution in [2.75, 3.05) is 11.5 Å². The quantitative estimate of drug-likeness (QED) is 0.771. The van der Waals surface area contributed by atoms with Gasteiger partial charge < -0.3 is 11.5 Å². The van der Waals surface area contributed by atoms with Gasteiger partial charge in [0.25, 0.3) is 0 Å². The van der Waals surface area contributed by atoms with Gasteiger partial charge in [-0.1, -0.05) is 12.1 Å². The molecule has 22 heavy (non-hydrogen) atoms. The fraction of sp³-hybridized carbons (Fsp3) is 0.400. The van der Waals surface area contributed by atoms with E-state index in [0.717, 1.165) is 24.2 Å². The molecule has 2 heteroatoms. The summed E-state index contributed by atoms with van der Waals surface area (Å²) in [6, 6.07) is 8.61. The second kappa shape index (κ2) is 5.35. The van der Waals surface area contributed by atoms with Crippen LogP contribution in [0.2, 0.25) is 0 Å². The van der Waals surface area contributed by atoms with Gasteiger partial charge >= 0.3 is 0 Å². The van der Waals surface area contributed by atoms with Crippen LogP contribution in [0.15, 0.2) is 24.3 Å². The third kappa shape index (κ3) is 2.09. The number of hydrogen-bond donors (Lipinski definition) is 2. The first-order valence-electron chi connectivity index (χ1n) is 8.56. The van der Waals surface area contributed by atoms with E-state index in [0.29, 0.717) is 0 Å². The predicted molar refractivity (Wildman–Crippen MR) is 94.0 cm³/mol. The number of anilines is 2. The Hall–Kier alpha value is -1.96. The molecule has 0 fully saturated rings. The van der Waals surface area contributed by atoms with E-state index in [9.17, 15) is 0 Å². The standard InChI is InChI=1S/C20H24N2/c21-17-11-9-13-5-1-3-7-15(13)19(17)20-16-8-4-2-6-14(16)10-12-18(20)22/h9-12H,1-8,21-22H2. The number of benzene rings is 2. The van der Waals surface area contributed by atoms with Crippen molar-refractivity contribution < 1.29 is 0 Å². The molecule has 4 N–H and O–H groups in total. The average molecular weight is 292 g/mol. The van der Waals surface area contributed by atoms with Gasteiger partial charge in [0.1, 0.15) is 0 Å². The van der Waals surface area contributed by atoms with Crippen molar-refractivity contribution >= 4 is 11.4 Å². The summed E-state index contributed by atoms with van der Waals surface area (Å²) in [6.45, 7) is 0. The van der Waals surface area contributed by atoms with Crippen LogP contribution < -0.4 is 11.5 Å². The highest BCUT2D eigenvalue weighted by atomic mass is 14.6. The fourth-order valence-corrected chi connectivity index (χ4v) is 4.28. The summed E-state index contributed by atoms with van der Waals surface area (Å²) in [4.78, 5) is 0. The highest BCUT2D eigenvalue weighted by Gasteiger charge is 2.23. The number of nitrogens with two attached hydrogens (primary N) is 2. The minimum atomic E-state index is 0.895. The maximum atomic E-state index is 6.42. The SMILES string of the molecule is Nc1ccc2c(c1-c1c(N)ccc3c1CCCC3)CCCC2. The molecule has 2 aliphatic carbocycles. The van der Waals surface area contributed by atoms with Crippen molar-refractivity contribution in [3.63, 3.8) is 0 Å². The predicted octanol–water partition coefficient (Wildman–Crippen LogP) is 4.28. The Morgan fingerprint density at radius 2 is 0.955 bits per heavy atom. The molecule has 2 nitrogen and oxygen atoms in total. The van der Waals surface area contributed by atoms with Crippen molar-refractivity contribution in [1.82, 2.24) is 0 Å². The first-order valence-corrected chi connectivity index (χ1v) is 8.56. The Morgan fingerprint density at radius 1 is 0.545 bits per heavy atom. The number of hydrogen-bond acceptors (Lipinski definition) is 2. The summed E-state index contributed by atoms with van der Waals surface area (Å²) < 4.78 is 0. The van der Waals surface area contributed by atoms with Crippen LogP contribution in [0.3, 0.4) is 0 Å². The van der Waals surface area contributed by atoms with E-state index in [1.165, 1.54) is 71.9 Å². The van der Waals surface area contributed by atoms with Crippen LogP contribution in [-0.2, 0) is 25.7 Å². The van der Waals surface area contributed by atoms with Crippen LogP contribution in [0.1, 0.15) is 47.9 Å². The molecule has 2 aromatic rings. The zero-order chi connectivity index (χ0) is 15.1. The lowest BCUT2D eigenvalue weighted by atomic mass is 9.79. The molecule has 0 spiro atoms. The molecule has 0 aromatic heterocycles. The number of nitrogen functional groups attached to an aromatic ring is 2. The van der Waals surface area contributed by atoms with E-state index in [4.69, 9.17) is 11.5 Å². The maximum Gasteiger partial charge on any atom is 0.0397 e. The smallest absolute Gasteiger partial charge is 0.0397 e. The zero-order valence-corrected chi connectivity index (χ0v) is 13.1. The van der Waals surface area contributed by atoms with Gasteiger partial charge in [0, 0.05) is 22.5 Å². The van der Waals surface area contributed by atoms with E-state index in [2.05, 4.69) is 24.3 Å². The molecular weight excluding hydrogens is 268 g/mol. The average Bonchev–Trinajstić information content (AvgIpc) is 2.56. The molecule has 0 unspecified atom stereocenters. The molecule has 0 heterocycles. The molecular formula is C20H24N2. The fourth-order valence-electron chi connectivity index (χ4n) is 4.28. The summed E-state index contributed by atoms with van der Waals surface area (Å²) in [7, 11) is 0. The second-order valence-corrected chi connectivity index (χ2v) is 6.75. The van der Waals surface area contributed by atoms with Gasteiger partial charge in [-0.05, 0) is 85.8 Å². The van der Waals surface area contributed by atoms with E-state index < -0.39 is 0 Å². The number of aryl methyl sites for hydroxylation is 2. The highest BCUT2D eigenvalue weighted by molar-refractivity contribution is 5.90. The second-order valence-electron chi connectivity index (χ2n) is 6.75. The Balaban J connectivity index is 2.00. The lowest BCUT2D eigenvalue weighted by Gasteiger charge is -2.26. The molecule has 0 saturated heterocycles. The monoisotopic (exact) mass is 292 g/mol. The van der Waals surface area contributed by atoms with Gasteiger partial charge in [0.2, 0.25) is 0 Å². The Labute approximate surface area is 132 Å². The third-order valence-electron chi connectivity index (χ3n) is 5.38. The van der Waals surface area contributed by atoms with E-state index in [1.807, 2.05) is 0 Å². The summed E-state index contributed by atoms with van der Waals surface area (Å²) in [5.41, 5.74) is 23.0. The molecule has 2 aliphatic rings. The Kier molecular flexibility index (Phi) is 3.33. The molecule has 4 rings (SSSR count). The lowest BCUT2D eigenvalue weighted by molar-refractivity contribution is 0.682. The summed E-state index contributed by atoms with van der Waals surface area (Å²) in [6.07, 6.45) is 9.74. The Morgan fingerprint density at radius 3 is 1.41 bits per heavy atom. The first-order chi connectivity index (χ1) is 10.8. The van der Waals surface area contributed by atoms with Crippen molar-refractivity contribution in [3.05, 3.63) is 46.5 Å². The first kappa shape index (κ1) is 13.7. The van der Waals surface area contributed by atoms with E-state index in [1.54, 1.807) is 0 Å². The summed E-state index contributed by atoms with van der Waals surface area (Å²) in [5.74, 6) is 0. The van der Waals surface area contributed by atoms with Crippen molar-refractivity contribution in [2.24, 2.45) is 0 Å². The van der Waals surface area contributed by atoms with Crippen molar-refractivity contribution in [3.8, 4) is 11.1 Å². The highest BCUT2D eigenvalue weighted by Crippen LogP contribution is 2.43. The molecule has 0 radical (unpaired) electrons. The van der Waals surface area contributed by atoms with E-state index >= 15 is 0 Å². The largest absolute Gasteiger partial charge is 0.398 e. The number of fused-ring (bicyclic) bond motifs is 2. The Bertz CT molecular complexity index is 667. The van der Waals surface area contributed by atoms with Crippen LogP contribution in [0, 0.1) is 0 Å². The van der Waals surface area contributed by atoms with Gasteiger partial charge in [-0.25, -0.2) is 0 Å². The molecule has 0 aliphatic heterocycles. The lowest BCUT2D eigenvalue weighted by Crippen LogP contribution is -2.11. The minimum absolute atomic E-state index is 0.895. The minimum Gasteiger partial charge on any atom is -0.398 e. The topological polar surface area (TPSA) is 52.0 Å². The van der Waals surface area contributed by atoms with Crippen molar-refractivity contribution in [1.29, 1.82) is 0 Å². The van der Waals surface area contributed by atoms with Crippen LogP contribution in [0.25, 0.3) is 11.1 Å². The van der Waals surface area contributed by atoms with Crippen LogP contribution in [-0.4, -0.2) is 0 Å². The summed E-state index contributed by atoms with van der Waals surface area (Å²) in [5, 5.41) is 0. The molecule has 2 aromatic carbocycles. The zero-order valence-electron chi connectivity index (χ0n) is 13.1. The van der Waals surface area contributed by atoms with Crippen LogP contribution >= 0.6 is 0 Å². The normalized spacial score (nSPS) is 16.9. The van der Waals surface area contributed by atoms with Crippen LogP contribution in [0.5, 0.6) is 0 Å². The molecule has 0 saturated carbocycles. The molecule has 0 atom stereocenters. The maximum absolute atomic E-state index is 6.42. The third-order valence-corrected chi connectivity index (χ3v) is 5.38. The number of rotatable bonds is 1. The van der Waals surface area contributed by atoms with Crippen molar-refractivity contribution in [2.45, 2.75) is 51.4 Å². The van der Waals surface area contributed by atoms with Gasteiger partial charge in [-0.2, -0.15) is 0 Å². The van der Waals surface area contributed by atoms with Gasteiger partial charge in [0.05, 0.1) is 0 Å². The van der Waals surface area contributed by atoms with Gasteiger partial charge in [-0.3, -0.25) is 0 Å². The molecule has 114 valence electrons. The van der Waals surface area contributed by atoms with Gasteiger partial charge in [-0.15, -0.1) is 0 Å². The van der Waals surface area contributed by atoms with Crippen LogP contribution in [0.4, 0.5) is 11.4 Å². The summed E-state index contributed by atoms with van der Waals surface area (Å²) >= 11 is 0. The molecule has 0 bridgehead atoms.